The summed E-state index contributed by atoms with van der Waals surface area (Å²) in [5, 5.41) is 8.40. The normalized spacial score (nSPS) is 12.1. The summed E-state index contributed by atoms with van der Waals surface area (Å²) in [4.78, 5) is 25.9. The number of rotatable bonds is 7. The van der Waals surface area contributed by atoms with Crippen LogP contribution in [0.5, 0.6) is 11.5 Å². The minimum absolute atomic E-state index is 0.191. The van der Waals surface area contributed by atoms with Gasteiger partial charge in [0, 0.05) is 11.9 Å². The highest BCUT2D eigenvalue weighted by atomic mass is 16.5. The van der Waals surface area contributed by atoms with E-state index in [1.54, 1.807) is 44.6 Å². The number of fused-ring (bicyclic) bond motifs is 1. The van der Waals surface area contributed by atoms with E-state index >= 15 is 0 Å². The van der Waals surface area contributed by atoms with Crippen molar-refractivity contribution in [2.45, 2.75) is 33.4 Å². The van der Waals surface area contributed by atoms with Crippen LogP contribution < -0.4 is 20.3 Å². The molecule has 30 heavy (non-hydrogen) atoms. The molecule has 7 heteroatoms. The fourth-order valence-corrected chi connectivity index (χ4v) is 3.34. The van der Waals surface area contributed by atoms with Crippen molar-refractivity contribution >= 4 is 16.7 Å². The van der Waals surface area contributed by atoms with Gasteiger partial charge in [-0.1, -0.05) is 38.1 Å². The molecule has 1 heterocycles. The van der Waals surface area contributed by atoms with Gasteiger partial charge >= 0.3 is 0 Å². The number of carbonyl (C=O) groups is 1. The third kappa shape index (κ3) is 4.30. The highest BCUT2D eigenvalue weighted by Crippen LogP contribution is 2.30. The molecule has 0 bridgehead atoms. The first-order chi connectivity index (χ1) is 14.3. The van der Waals surface area contributed by atoms with E-state index < -0.39 is 0 Å². The lowest BCUT2D eigenvalue weighted by Gasteiger charge is -2.18. The summed E-state index contributed by atoms with van der Waals surface area (Å²) in [6, 6.07) is 12.3. The molecular formula is C23H27N3O4. The summed E-state index contributed by atoms with van der Waals surface area (Å²) < 4.78 is 12.0. The van der Waals surface area contributed by atoms with Crippen molar-refractivity contribution < 1.29 is 14.3 Å². The molecule has 158 valence electrons. The maximum atomic E-state index is 13.1. The van der Waals surface area contributed by atoms with Crippen LogP contribution in [0.15, 0.2) is 47.3 Å². The number of hydrogen-bond donors (Lipinski definition) is 1. The number of benzene rings is 2. The van der Waals surface area contributed by atoms with E-state index in [4.69, 9.17) is 9.47 Å². The zero-order valence-electron chi connectivity index (χ0n) is 17.9. The van der Waals surface area contributed by atoms with Crippen LogP contribution in [0.3, 0.4) is 0 Å². The monoisotopic (exact) mass is 409 g/mol. The molecule has 0 spiro atoms. The van der Waals surface area contributed by atoms with Gasteiger partial charge in [-0.3, -0.25) is 9.59 Å². The van der Waals surface area contributed by atoms with E-state index in [0.29, 0.717) is 28.8 Å². The summed E-state index contributed by atoms with van der Waals surface area (Å²) in [7, 11) is 3.14. The third-order valence-electron chi connectivity index (χ3n) is 4.88. The average Bonchev–Trinajstić information content (AvgIpc) is 2.74. The predicted molar refractivity (Wildman–Crippen MR) is 116 cm³/mol. The molecule has 1 unspecified atom stereocenters. The van der Waals surface area contributed by atoms with Gasteiger partial charge in [0.1, 0.15) is 0 Å². The topological polar surface area (TPSA) is 82.5 Å². The number of nitrogens with zero attached hydrogens (tertiary/aromatic N) is 2. The Hall–Kier alpha value is -3.35. The average molecular weight is 409 g/mol. The Morgan fingerprint density at radius 2 is 1.70 bits per heavy atom. The molecule has 0 aliphatic carbocycles. The van der Waals surface area contributed by atoms with Crippen LogP contribution in [-0.4, -0.2) is 29.9 Å². The minimum Gasteiger partial charge on any atom is -0.493 e. The van der Waals surface area contributed by atoms with Gasteiger partial charge in [0.15, 0.2) is 17.2 Å². The lowest BCUT2D eigenvalue weighted by molar-refractivity contribution is 0.0934. The zero-order chi connectivity index (χ0) is 21.8. The summed E-state index contributed by atoms with van der Waals surface area (Å²) in [5.41, 5.74) is 0.905. The van der Waals surface area contributed by atoms with E-state index in [1.807, 2.05) is 32.9 Å². The van der Waals surface area contributed by atoms with E-state index in [1.165, 1.54) is 4.68 Å². The highest BCUT2D eigenvalue weighted by Gasteiger charge is 2.20. The molecule has 0 aliphatic heterocycles. The molecule has 0 saturated heterocycles. The van der Waals surface area contributed by atoms with Crippen molar-refractivity contribution in [2.75, 3.05) is 14.2 Å². The summed E-state index contributed by atoms with van der Waals surface area (Å²) in [5.74, 6) is 1.09. The molecule has 1 aromatic heterocycles. The van der Waals surface area contributed by atoms with Gasteiger partial charge in [0.25, 0.3) is 11.5 Å². The Bertz CT molecular complexity index is 1120. The van der Waals surface area contributed by atoms with Gasteiger partial charge in [-0.25, -0.2) is 4.68 Å². The van der Waals surface area contributed by atoms with Gasteiger partial charge in [-0.15, -0.1) is 0 Å². The third-order valence-corrected chi connectivity index (χ3v) is 4.88. The molecule has 0 aliphatic rings. The number of amides is 1. The maximum absolute atomic E-state index is 13.1. The zero-order valence-corrected chi connectivity index (χ0v) is 17.9. The summed E-state index contributed by atoms with van der Waals surface area (Å²) >= 11 is 0. The highest BCUT2D eigenvalue weighted by molar-refractivity contribution is 6.04. The first-order valence-corrected chi connectivity index (χ1v) is 9.88. The van der Waals surface area contributed by atoms with Crippen LogP contribution in [-0.2, 0) is 6.54 Å². The lowest BCUT2D eigenvalue weighted by Crippen LogP contribution is -2.32. The Labute approximate surface area is 175 Å². The second-order valence-corrected chi connectivity index (χ2v) is 7.58. The number of aromatic nitrogens is 2. The van der Waals surface area contributed by atoms with Crippen molar-refractivity contribution in [1.29, 1.82) is 0 Å². The van der Waals surface area contributed by atoms with Crippen molar-refractivity contribution in [1.82, 2.24) is 15.1 Å². The Balaban J connectivity index is 1.97. The smallest absolute Gasteiger partial charge is 0.274 e. The van der Waals surface area contributed by atoms with E-state index in [9.17, 15) is 9.59 Å². The fraction of sp³-hybridized carbons (Fsp3) is 0.348. The first kappa shape index (κ1) is 21.4. The van der Waals surface area contributed by atoms with Crippen molar-refractivity contribution in [3.63, 3.8) is 0 Å². The maximum Gasteiger partial charge on any atom is 0.274 e. The molecule has 3 rings (SSSR count). The van der Waals surface area contributed by atoms with Crippen LogP contribution in [0.1, 0.15) is 42.9 Å². The van der Waals surface area contributed by atoms with E-state index in [0.717, 1.165) is 5.56 Å². The lowest BCUT2D eigenvalue weighted by atomic mass is 10.1. The summed E-state index contributed by atoms with van der Waals surface area (Å²) in [6.45, 7) is 6.32. The van der Waals surface area contributed by atoms with Crippen molar-refractivity contribution in [3.8, 4) is 11.5 Å². The molecule has 3 aromatic rings. The number of ether oxygens (including phenoxy) is 2. The molecular weight excluding hydrogens is 382 g/mol. The first-order valence-electron chi connectivity index (χ1n) is 9.88. The summed E-state index contributed by atoms with van der Waals surface area (Å²) in [6.07, 6.45) is 0. The SMILES string of the molecule is COc1ccc(C(C)NC(=O)c2nn(CC(C)C)c(=O)c3ccccc23)cc1OC. The Morgan fingerprint density at radius 1 is 1.03 bits per heavy atom. The molecule has 1 amide bonds. The van der Waals surface area contributed by atoms with Gasteiger partial charge in [-0.05, 0) is 36.6 Å². The molecule has 2 aromatic carbocycles. The quantitative estimate of drug-likeness (QED) is 0.645. The number of methoxy groups -OCH3 is 2. The predicted octanol–water partition coefficient (Wildman–Crippen LogP) is 3.56. The van der Waals surface area contributed by atoms with Crippen molar-refractivity contribution in [2.24, 2.45) is 5.92 Å². The van der Waals surface area contributed by atoms with Crippen molar-refractivity contribution in [3.05, 3.63) is 64.1 Å². The molecule has 1 N–H and O–H groups in total. The molecule has 7 nitrogen and oxygen atoms in total. The second kappa shape index (κ2) is 8.98. The number of carbonyl (C=O) groups excluding carboxylic acids is 1. The van der Waals surface area contributed by atoms with Crippen LogP contribution >= 0.6 is 0 Å². The Morgan fingerprint density at radius 3 is 2.33 bits per heavy atom. The van der Waals surface area contributed by atoms with Gasteiger partial charge in [0.05, 0.1) is 25.6 Å². The number of hydrogen-bond acceptors (Lipinski definition) is 5. The van der Waals surface area contributed by atoms with E-state index in [-0.39, 0.29) is 29.1 Å². The van der Waals surface area contributed by atoms with Gasteiger partial charge in [-0.2, -0.15) is 5.10 Å². The molecule has 1 atom stereocenters. The fourth-order valence-electron chi connectivity index (χ4n) is 3.34. The van der Waals surface area contributed by atoms with Crippen LogP contribution in [0.25, 0.3) is 10.8 Å². The van der Waals surface area contributed by atoms with Crippen LogP contribution in [0.4, 0.5) is 0 Å². The molecule has 0 fully saturated rings. The standard InChI is InChI=1S/C23H27N3O4/c1-14(2)13-26-23(28)18-9-7-6-8-17(18)21(25-26)22(27)24-15(3)16-10-11-19(29-4)20(12-16)30-5/h6-12,14-15H,13H2,1-5H3,(H,24,27). The minimum atomic E-state index is -0.342. The number of nitrogens with one attached hydrogen (secondary N) is 1. The largest absolute Gasteiger partial charge is 0.493 e. The molecule has 0 saturated carbocycles. The van der Waals surface area contributed by atoms with Gasteiger partial charge in [0.2, 0.25) is 0 Å². The van der Waals surface area contributed by atoms with E-state index in [2.05, 4.69) is 10.4 Å². The second-order valence-electron chi connectivity index (χ2n) is 7.58. The Kier molecular flexibility index (Phi) is 6.40. The van der Waals surface area contributed by atoms with Crippen LogP contribution in [0.2, 0.25) is 0 Å². The van der Waals surface area contributed by atoms with Gasteiger partial charge < -0.3 is 14.8 Å². The molecule has 0 radical (unpaired) electrons. The van der Waals surface area contributed by atoms with Crippen LogP contribution in [0, 0.1) is 5.92 Å².